The van der Waals surface area contributed by atoms with E-state index in [0.29, 0.717) is 49.0 Å². The maximum Gasteiger partial charge on any atom is 0.417 e. The summed E-state index contributed by atoms with van der Waals surface area (Å²) >= 11 is 11.6. The maximum atomic E-state index is 13.2. The maximum absolute atomic E-state index is 13.2. The van der Waals surface area contributed by atoms with Crippen molar-refractivity contribution in [1.29, 1.82) is 0 Å². The number of nitrogens with zero attached hydrogens (tertiary/aromatic N) is 3. The molecule has 172 valence electrons. The molecule has 0 aliphatic carbocycles. The quantitative estimate of drug-likeness (QED) is 0.710. The number of hydrogen-bond donors (Lipinski definition) is 1. The van der Waals surface area contributed by atoms with Crippen LogP contribution < -0.4 is 4.90 Å². The highest BCUT2D eigenvalue weighted by Crippen LogP contribution is 2.37. The number of carbonyl (C=O) groups excluding carboxylic acids is 1. The largest absolute Gasteiger partial charge is 0.417 e. The fraction of sp³-hybridized carbons (Fsp3) is 0.409. The highest BCUT2D eigenvalue weighted by atomic mass is 35.5. The van der Waals surface area contributed by atoms with E-state index in [-0.39, 0.29) is 23.5 Å². The van der Waals surface area contributed by atoms with Crippen LogP contribution in [0.4, 0.5) is 18.9 Å². The van der Waals surface area contributed by atoms with Gasteiger partial charge >= 0.3 is 6.18 Å². The average Bonchev–Trinajstić information content (AvgIpc) is 3.15. The highest BCUT2D eigenvalue weighted by molar-refractivity contribution is 6.31. The number of benzene rings is 2. The van der Waals surface area contributed by atoms with E-state index in [1.165, 1.54) is 12.1 Å². The molecule has 2 atom stereocenters. The molecule has 0 aromatic heterocycles. The van der Waals surface area contributed by atoms with Crippen LogP contribution in [-0.4, -0.2) is 72.2 Å². The lowest BCUT2D eigenvalue weighted by molar-refractivity contribution is -0.137. The zero-order chi connectivity index (χ0) is 23.0. The summed E-state index contributed by atoms with van der Waals surface area (Å²) < 4.78 is 39.6. The molecule has 0 spiro atoms. The molecular formula is C22H22Cl2F3N3O2. The van der Waals surface area contributed by atoms with Gasteiger partial charge in [-0.05, 0) is 42.5 Å². The number of hydrogen-bond acceptors (Lipinski definition) is 4. The van der Waals surface area contributed by atoms with Crippen molar-refractivity contribution in [3.05, 3.63) is 63.6 Å². The molecule has 2 saturated heterocycles. The van der Waals surface area contributed by atoms with Crippen molar-refractivity contribution >= 4 is 34.8 Å². The van der Waals surface area contributed by atoms with Crippen LogP contribution in [0.25, 0.3) is 0 Å². The van der Waals surface area contributed by atoms with Crippen LogP contribution in [0.5, 0.6) is 0 Å². The minimum absolute atomic E-state index is 0.0734. The van der Waals surface area contributed by atoms with E-state index in [4.69, 9.17) is 23.2 Å². The minimum Gasteiger partial charge on any atom is -0.390 e. The molecule has 2 aliphatic heterocycles. The first-order chi connectivity index (χ1) is 15.1. The van der Waals surface area contributed by atoms with Crippen molar-refractivity contribution in [3.8, 4) is 0 Å². The minimum atomic E-state index is -4.54. The van der Waals surface area contributed by atoms with Gasteiger partial charge < -0.3 is 14.9 Å². The molecule has 5 nitrogen and oxygen atoms in total. The molecule has 4 rings (SSSR count). The Labute approximate surface area is 193 Å². The molecule has 1 N–H and O–H groups in total. The average molecular weight is 488 g/mol. The van der Waals surface area contributed by atoms with Gasteiger partial charge in [0.2, 0.25) is 0 Å². The molecule has 2 aromatic carbocycles. The molecule has 10 heteroatoms. The molecule has 2 unspecified atom stereocenters. The summed E-state index contributed by atoms with van der Waals surface area (Å²) in [4.78, 5) is 18.3. The summed E-state index contributed by atoms with van der Waals surface area (Å²) in [5.41, 5.74) is 0.0573. The number of anilines is 1. The van der Waals surface area contributed by atoms with Gasteiger partial charge in [0.25, 0.3) is 5.91 Å². The van der Waals surface area contributed by atoms with Gasteiger partial charge in [0, 0.05) is 55.5 Å². The highest BCUT2D eigenvalue weighted by Gasteiger charge is 2.39. The standard InChI is InChI=1S/C22H22Cl2F3N3O2/c23-15-3-1-14(2-4-15)21(32)29-9-7-28(8-10-29)19-12-30(13-20(19)31)16-5-6-18(24)17(11-16)22(25,26)27/h1-6,11,19-20,31H,7-10,12-13H2. The predicted molar refractivity (Wildman–Crippen MR) is 117 cm³/mol. The third-order valence-electron chi connectivity index (χ3n) is 6.04. The number of carbonyl (C=O) groups is 1. The summed E-state index contributed by atoms with van der Waals surface area (Å²) in [6.45, 7) is 2.78. The van der Waals surface area contributed by atoms with Crippen molar-refractivity contribution in [2.45, 2.75) is 18.3 Å². The normalized spacial score (nSPS) is 22.4. The lowest BCUT2D eigenvalue weighted by Gasteiger charge is -2.38. The molecule has 2 aromatic rings. The number of aliphatic hydroxyl groups excluding tert-OH is 1. The number of amides is 1. The molecule has 2 aliphatic rings. The van der Waals surface area contributed by atoms with E-state index in [2.05, 4.69) is 4.90 Å². The molecule has 32 heavy (non-hydrogen) atoms. The molecule has 0 bridgehead atoms. The van der Waals surface area contributed by atoms with Crippen LogP contribution in [-0.2, 0) is 6.18 Å². The molecule has 0 radical (unpaired) electrons. The SMILES string of the molecule is O=C(c1ccc(Cl)cc1)N1CCN(C2CN(c3ccc(Cl)c(C(F)(F)F)c3)CC2O)CC1. The lowest BCUT2D eigenvalue weighted by atomic mass is 10.1. The molecule has 0 saturated carbocycles. The second-order valence-electron chi connectivity index (χ2n) is 8.04. The first-order valence-electron chi connectivity index (χ1n) is 10.2. The van der Waals surface area contributed by atoms with Gasteiger partial charge in [-0.2, -0.15) is 13.2 Å². The van der Waals surface area contributed by atoms with E-state index in [0.717, 1.165) is 6.07 Å². The van der Waals surface area contributed by atoms with Gasteiger partial charge in [0.05, 0.1) is 22.7 Å². The summed E-state index contributed by atoms with van der Waals surface area (Å²) in [5, 5.41) is 10.8. The smallest absolute Gasteiger partial charge is 0.390 e. The molecular weight excluding hydrogens is 466 g/mol. The Bertz CT molecular complexity index is 979. The van der Waals surface area contributed by atoms with Gasteiger partial charge in [0.15, 0.2) is 0 Å². The number of β-amino-alcohol motifs (C(OH)–C–C–N with tert-alkyl or cyclic N) is 1. The third kappa shape index (κ3) is 4.83. The fourth-order valence-electron chi connectivity index (χ4n) is 4.30. The van der Waals surface area contributed by atoms with Crippen molar-refractivity contribution < 1.29 is 23.1 Å². The van der Waals surface area contributed by atoms with Crippen LogP contribution >= 0.6 is 23.2 Å². The van der Waals surface area contributed by atoms with Crippen molar-refractivity contribution in [2.24, 2.45) is 0 Å². The van der Waals surface area contributed by atoms with Gasteiger partial charge in [0.1, 0.15) is 0 Å². The van der Waals surface area contributed by atoms with E-state index >= 15 is 0 Å². The summed E-state index contributed by atoms with van der Waals surface area (Å²) in [7, 11) is 0. The summed E-state index contributed by atoms with van der Waals surface area (Å²) in [6.07, 6.45) is -5.25. The van der Waals surface area contributed by atoms with Gasteiger partial charge in [-0.3, -0.25) is 9.69 Å². The second kappa shape index (κ2) is 9.09. The van der Waals surface area contributed by atoms with Crippen molar-refractivity contribution in [2.75, 3.05) is 44.2 Å². The van der Waals surface area contributed by atoms with Gasteiger partial charge in [-0.25, -0.2) is 0 Å². The van der Waals surface area contributed by atoms with Crippen LogP contribution in [0.15, 0.2) is 42.5 Å². The zero-order valence-corrected chi connectivity index (χ0v) is 18.5. The lowest BCUT2D eigenvalue weighted by Crippen LogP contribution is -2.54. The molecule has 2 heterocycles. The predicted octanol–water partition coefficient (Wildman–Crippen LogP) is 4.02. The molecule has 1 amide bonds. The van der Waals surface area contributed by atoms with Gasteiger partial charge in [-0.15, -0.1) is 0 Å². The monoisotopic (exact) mass is 487 g/mol. The Morgan fingerprint density at radius 3 is 2.25 bits per heavy atom. The Balaban J connectivity index is 1.39. The summed E-state index contributed by atoms with van der Waals surface area (Å²) in [5.74, 6) is -0.0734. The van der Waals surface area contributed by atoms with Crippen LogP contribution in [0.1, 0.15) is 15.9 Å². The first-order valence-corrected chi connectivity index (χ1v) is 11.0. The number of halogens is 5. The second-order valence-corrected chi connectivity index (χ2v) is 8.88. The van der Waals surface area contributed by atoms with Crippen molar-refractivity contribution in [3.63, 3.8) is 0 Å². The Kier molecular flexibility index (Phi) is 6.58. The third-order valence-corrected chi connectivity index (χ3v) is 6.62. The Hall–Kier alpha value is -2.00. The Morgan fingerprint density at radius 2 is 1.62 bits per heavy atom. The van der Waals surface area contributed by atoms with E-state index in [1.54, 1.807) is 34.1 Å². The van der Waals surface area contributed by atoms with E-state index in [1.807, 2.05) is 0 Å². The van der Waals surface area contributed by atoms with Crippen molar-refractivity contribution in [1.82, 2.24) is 9.80 Å². The van der Waals surface area contributed by atoms with Crippen LogP contribution in [0.3, 0.4) is 0 Å². The topological polar surface area (TPSA) is 47.0 Å². The van der Waals surface area contributed by atoms with E-state index < -0.39 is 17.8 Å². The number of aliphatic hydroxyl groups is 1. The van der Waals surface area contributed by atoms with Crippen LogP contribution in [0, 0.1) is 0 Å². The van der Waals surface area contributed by atoms with Crippen LogP contribution in [0.2, 0.25) is 10.0 Å². The Morgan fingerprint density at radius 1 is 0.969 bits per heavy atom. The first kappa shape index (κ1) is 23.2. The fourth-order valence-corrected chi connectivity index (χ4v) is 4.65. The zero-order valence-electron chi connectivity index (χ0n) is 17.0. The van der Waals surface area contributed by atoms with Gasteiger partial charge in [-0.1, -0.05) is 23.2 Å². The number of rotatable bonds is 3. The molecule has 2 fully saturated rings. The number of piperazine rings is 1. The van der Waals surface area contributed by atoms with E-state index in [9.17, 15) is 23.1 Å². The summed E-state index contributed by atoms with van der Waals surface area (Å²) in [6, 6.07) is 10.3. The number of alkyl halides is 3.